The number of pyridine rings is 1. The zero-order chi connectivity index (χ0) is 66.4. The monoisotopic (exact) mass is 1350 g/mol. The van der Waals surface area contributed by atoms with E-state index in [9.17, 15) is 48.3 Å². The topological polar surface area (TPSA) is 351 Å². The molecule has 92 heavy (non-hydrogen) atoms. The Labute approximate surface area is 545 Å². The maximum absolute atomic E-state index is 14.2. The summed E-state index contributed by atoms with van der Waals surface area (Å²) in [5.41, 5.74) is 3.59. The molecule has 0 bridgehead atoms. The molecule has 7 N–H and O–H groups in total. The van der Waals surface area contributed by atoms with Crippen molar-refractivity contribution in [3.8, 4) is 11.1 Å². The van der Waals surface area contributed by atoms with E-state index in [0.717, 1.165) is 68.1 Å². The first-order valence-corrected chi connectivity index (χ1v) is 33.0. The van der Waals surface area contributed by atoms with Crippen molar-refractivity contribution in [3.63, 3.8) is 0 Å². The summed E-state index contributed by atoms with van der Waals surface area (Å²) in [6, 6.07) is 5.43. The number of piperidine rings is 1. The molecule has 2 fully saturated rings. The maximum atomic E-state index is 14.2. The molecule has 1 saturated carbocycles. The van der Waals surface area contributed by atoms with Crippen molar-refractivity contribution in [1.29, 1.82) is 0 Å². The second kappa shape index (κ2) is 38.6. The zero-order valence-corrected chi connectivity index (χ0v) is 55.2. The van der Waals surface area contributed by atoms with Crippen molar-refractivity contribution >= 4 is 85.8 Å². The fraction of sp³-hybridized carbons (Fsp3) is 0.615. The van der Waals surface area contributed by atoms with Gasteiger partial charge in [-0.15, -0.1) is 0 Å². The molecule has 27 heteroatoms. The standard InChI is InChI=1S/C65H92BrN11O15/c1-43-21-23-52(66)73-62(43)74-63(86)50-35-65(4)36-51(65)77(50)58(83)40-76-61-44(2)33-46(34-48(61)60(75-76)45(3)78)47-37-69-53(70-38-47)39-71-57(82)42-92-32-30-90-28-26-68-56(81)41-91-31-29-89-27-25-67-54(79)24-22-49(64(87)88)72-55(80)19-17-15-13-11-9-7-5-6-8-10-12-14-16-18-20-59(84)85/h21,23,33-34,37-38,49-51H,5-20,22,24-32,35-36,39-42H2,1-4H3,(H,67,79)(H,68,81)(H,71,82)(H,72,80)(H,84,85)(H,87,88)(H,73,74,86)/t49-,50-,51?,65-/m0/s1. The molecular weight excluding hydrogens is 1250 g/mol. The number of anilines is 1. The van der Waals surface area contributed by atoms with Crippen molar-refractivity contribution < 1.29 is 72.3 Å². The molecule has 2 aliphatic rings. The third-order valence-electron chi connectivity index (χ3n) is 16.4. The Bertz CT molecular complexity index is 3130. The number of amides is 6. The Kier molecular flexibility index (Phi) is 31.0. The largest absolute Gasteiger partial charge is 0.481 e. The smallest absolute Gasteiger partial charge is 0.326 e. The van der Waals surface area contributed by atoms with Crippen LogP contribution in [0.3, 0.4) is 0 Å². The molecule has 0 spiro atoms. The normalized spacial score (nSPS) is 16.0. The van der Waals surface area contributed by atoms with E-state index in [4.69, 9.17) is 24.1 Å². The van der Waals surface area contributed by atoms with E-state index in [1.165, 1.54) is 45.4 Å². The summed E-state index contributed by atoms with van der Waals surface area (Å²) in [6.07, 6.45) is 19.8. The lowest BCUT2D eigenvalue weighted by Gasteiger charge is -2.27. The molecular formula is C65H92BrN11O15. The third kappa shape index (κ3) is 24.9. The van der Waals surface area contributed by atoms with Gasteiger partial charge in [-0.05, 0) is 102 Å². The molecule has 1 aliphatic carbocycles. The lowest BCUT2D eigenvalue weighted by Crippen LogP contribution is -2.47. The van der Waals surface area contributed by atoms with E-state index in [2.05, 4.69) is 69.5 Å². The quantitative estimate of drug-likeness (QED) is 0.0132. The van der Waals surface area contributed by atoms with Crippen LogP contribution in [0.5, 0.6) is 0 Å². The summed E-state index contributed by atoms with van der Waals surface area (Å²) in [4.78, 5) is 128. The molecule has 1 aliphatic heterocycles. The number of unbranched alkanes of at least 4 members (excludes halogenated alkanes) is 13. The molecule has 4 atom stereocenters. The second-order valence-electron chi connectivity index (χ2n) is 24.0. The van der Waals surface area contributed by atoms with Gasteiger partial charge < -0.3 is 60.6 Å². The molecule has 6 amide bonds. The second-order valence-corrected chi connectivity index (χ2v) is 24.8. The number of aliphatic carboxylic acids is 2. The van der Waals surface area contributed by atoms with Gasteiger partial charge in [-0.3, -0.25) is 43.0 Å². The summed E-state index contributed by atoms with van der Waals surface area (Å²) in [7, 11) is 0. The van der Waals surface area contributed by atoms with Gasteiger partial charge >= 0.3 is 11.9 Å². The lowest BCUT2D eigenvalue weighted by atomic mass is 10.0. The van der Waals surface area contributed by atoms with Gasteiger partial charge in [0.15, 0.2) is 5.78 Å². The molecule has 4 aromatic rings. The molecule has 6 rings (SSSR count). The average molecular weight is 1350 g/mol. The fourth-order valence-corrected chi connectivity index (χ4v) is 11.5. The minimum Gasteiger partial charge on any atom is -0.481 e. The van der Waals surface area contributed by atoms with Gasteiger partial charge in [0.25, 0.3) is 0 Å². The van der Waals surface area contributed by atoms with Crippen molar-refractivity contribution in [3.05, 3.63) is 63.9 Å². The average Bonchev–Trinajstić information content (AvgIpc) is 1.55. The number of Topliss-reactive ketones (excluding diaryl/α,β-unsaturated/α-hetero) is 1. The summed E-state index contributed by atoms with van der Waals surface area (Å²) in [5.74, 6) is -3.45. The number of likely N-dealkylation sites (tertiary alicyclic amines) is 1. The van der Waals surface area contributed by atoms with E-state index in [1.807, 2.05) is 32.0 Å². The first kappa shape index (κ1) is 73.7. The van der Waals surface area contributed by atoms with Gasteiger partial charge in [0.2, 0.25) is 35.4 Å². The SMILES string of the molecule is CC(=O)c1nn(CC(=O)N2C3C[C@]3(C)C[C@H]2C(=O)Nc2nc(Br)ccc2C)c2c(C)cc(-c3cnc(CNC(=O)COCCOCCNC(=O)COCCOCCNC(=O)CC[C@H](NC(=O)CCCCCCCCCCCCCCCCC(=O)O)C(=O)O)nc3)cc12. The highest BCUT2D eigenvalue weighted by atomic mass is 79.9. The molecule has 1 saturated heterocycles. The van der Waals surface area contributed by atoms with Gasteiger partial charge in [-0.25, -0.2) is 19.7 Å². The van der Waals surface area contributed by atoms with Crippen LogP contribution in [0, 0.1) is 19.3 Å². The van der Waals surface area contributed by atoms with Crippen LogP contribution in [0.2, 0.25) is 0 Å². The van der Waals surface area contributed by atoms with Crippen LogP contribution in [0.4, 0.5) is 5.82 Å². The number of nitrogens with one attached hydrogen (secondary N) is 5. The van der Waals surface area contributed by atoms with Gasteiger partial charge in [0.05, 0.1) is 51.7 Å². The number of carbonyl (C=O) groups excluding carboxylic acids is 7. The Morgan fingerprint density at radius 1 is 0.663 bits per heavy atom. The van der Waals surface area contributed by atoms with Crippen LogP contribution in [-0.2, 0) is 70.4 Å². The van der Waals surface area contributed by atoms with E-state index < -0.39 is 24.0 Å². The van der Waals surface area contributed by atoms with Crippen molar-refractivity contribution in [2.24, 2.45) is 5.41 Å². The summed E-state index contributed by atoms with van der Waals surface area (Å²) < 4.78 is 23.8. The van der Waals surface area contributed by atoms with Crippen LogP contribution >= 0.6 is 15.9 Å². The molecule has 26 nitrogen and oxygen atoms in total. The number of fused-ring (bicyclic) bond motifs is 2. The number of carbonyl (C=O) groups is 9. The van der Waals surface area contributed by atoms with Crippen molar-refractivity contribution in [2.75, 3.05) is 71.3 Å². The molecule has 1 unspecified atom stereocenters. The Morgan fingerprint density at radius 3 is 1.82 bits per heavy atom. The number of rotatable bonds is 46. The number of aromatic nitrogens is 5. The number of aryl methyl sites for hydroxylation is 2. The van der Waals surface area contributed by atoms with Crippen LogP contribution in [0.25, 0.3) is 22.0 Å². The number of nitrogens with zero attached hydrogens (tertiary/aromatic N) is 6. The first-order valence-electron chi connectivity index (χ1n) is 32.2. The lowest BCUT2D eigenvalue weighted by molar-refractivity contribution is -0.142. The number of carboxylic acids is 2. The Morgan fingerprint density at radius 2 is 1.23 bits per heavy atom. The number of benzene rings is 1. The van der Waals surface area contributed by atoms with Gasteiger partial charge in [0, 0.05) is 68.7 Å². The first-order chi connectivity index (χ1) is 44.2. The number of halogens is 1. The van der Waals surface area contributed by atoms with E-state index in [-0.39, 0.29) is 163 Å². The van der Waals surface area contributed by atoms with Crippen LogP contribution in [0.15, 0.2) is 41.3 Å². The van der Waals surface area contributed by atoms with Crippen LogP contribution < -0.4 is 26.6 Å². The number of ketones is 1. The van der Waals surface area contributed by atoms with Crippen molar-refractivity contribution in [1.82, 2.24) is 50.9 Å². The maximum Gasteiger partial charge on any atom is 0.326 e. The molecule has 1 aromatic carbocycles. The molecule has 0 radical (unpaired) electrons. The van der Waals surface area contributed by atoms with E-state index >= 15 is 0 Å². The molecule has 4 heterocycles. The minimum atomic E-state index is -1.20. The number of hydrogen-bond acceptors (Lipinski definition) is 17. The number of hydrogen-bond donors (Lipinski definition) is 7. The predicted octanol–water partition coefficient (Wildman–Crippen LogP) is 7.08. The highest BCUT2D eigenvalue weighted by Crippen LogP contribution is 2.59. The van der Waals surface area contributed by atoms with Gasteiger partial charge in [-0.2, -0.15) is 5.10 Å². The summed E-state index contributed by atoms with van der Waals surface area (Å²) in [5, 5.41) is 37.0. The van der Waals surface area contributed by atoms with Gasteiger partial charge in [-0.1, -0.05) is 90.0 Å². The number of carboxylic acid groups (broad SMARTS) is 2. The van der Waals surface area contributed by atoms with E-state index in [0.29, 0.717) is 45.6 Å². The van der Waals surface area contributed by atoms with Crippen LogP contribution in [-0.4, -0.2) is 177 Å². The fourth-order valence-electron chi connectivity index (χ4n) is 11.2. The highest BCUT2D eigenvalue weighted by molar-refractivity contribution is 9.10. The Hall–Kier alpha value is -7.33. The summed E-state index contributed by atoms with van der Waals surface area (Å²) >= 11 is 3.36. The Balaban J connectivity index is 0.746. The zero-order valence-electron chi connectivity index (χ0n) is 53.6. The van der Waals surface area contributed by atoms with E-state index in [1.54, 1.807) is 28.0 Å². The van der Waals surface area contributed by atoms with Gasteiger partial charge in [0.1, 0.15) is 53.8 Å². The molecule has 3 aromatic heterocycles. The highest BCUT2D eigenvalue weighted by Gasteiger charge is 2.64. The van der Waals surface area contributed by atoms with Crippen molar-refractivity contribution in [2.45, 2.75) is 187 Å². The molecule has 504 valence electrons. The third-order valence-corrected chi connectivity index (χ3v) is 16.8. The number of ether oxygens (including phenoxy) is 4. The minimum absolute atomic E-state index is 0.0425. The predicted molar refractivity (Wildman–Crippen MR) is 344 cm³/mol. The summed E-state index contributed by atoms with van der Waals surface area (Å²) in [6.45, 7) is 8.07. The van der Waals surface area contributed by atoms with Crippen LogP contribution in [0.1, 0.15) is 170 Å².